The molecule has 88 valence electrons. The molecule has 0 saturated heterocycles. The third-order valence-electron chi connectivity index (χ3n) is 2.08. The van der Waals surface area contributed by atoms with Crippen molar-refractivity contribution in [2.75, 3.05) is 19.4 Å². The Morgan fingerprint density at radius 3 is 2.40 bits per heavy atom. The van der Waals surface area contributed by atoms with Gasteiger partial charge >= 0.3 is 13.8 Å². The molecule has 0 N–H and O–H groups in total. The highest BCUT2D eigenvalue weighted by Crippen LogP contribution is 2.26. The van der Waals surface area contributed by atoms with E-state index in [4.69, 9.17) is 4.74 Å². The third kappa shape index (κ3) is 8.56. The molecule has 0 amide bonds. The quantitative estimate of drug-likeness (QED) is 0.501. The summed E-state index contributed by atoms with van der Waals surface area (Å²) in [6.07, 6.45) is 1.97. The van der Waals surface area contributed by atoms with E-state index in [1.165, 1.54) is 0 Å². The lowest BCUT2D eigenvalue weighted by Gasteiger charge is -2.13. The van der Waals surface area contributed by atoms with E-state index >= 15 is 0 Å². The number of hydrogen-bond donors (Lipinski definition) is 0. The van der Waals surface area contributed by atoms with Crippen LogP contribution in [0.5, 0.6) is 0 Å². The normalized spacial score (nSPS) is 13.8. The van der Waals surface area contributed by atoms with Crippen molar-refractivity contribution in [2.45, 2.75) is 33.6 Å². The Hall–Kier alpha value is -0.430. The largest absolute Gasteiger partial charge is 0.466 e. The molecule has 0 fully saturated rings. The van der Waals surface area contributed by atoms with Crippen LogP contribution in [-0.4, -0.2) is 25.4 Å². The molecule has 0 saturated carbocycles. The minimum absolute atomic E-state index is 0.167. The summed E-state index contributed by atoms with van der Waals surface area (Å²) >= 11 is 0. The maximum atomic E-state index is 11.3. The van der Waals surface area contributed by atoms with Crippen LogP contribution in [0.25, 0.3) is 0 Å². The van der Waals surface area contributed by atoms with Gasteiger partial charge in [0.15, 0.2) is 0 Å². The molecule has 0 spiro atoms. The van der Waals surface area contributed by atoms with Crippen LogP contribution in [0.2, 0.25) is 0 Å². The summed E-state index contributed by atoms with van der Waals surface area (Å²) in [4.78, 5) is 11.3. The minimum Gasteiger partial charge on any atom is -0.466 e. The van der Waals surface area contributed by atoms with Gasteiger partial charge in [-0.3, -0.25) is 4.79 Å². The molecule has 0 bridgehead atoms. The second-order valence-corrected chi connectivity index (χ2v) is 5.94. The first-order valence-electron chi connectivity index (χ1n) is 5.49. The Morgan fingerprint density at radius 1 is 1.40 bits per heavy atom. The zero-order chi connectivity index (χ0) is 11.8. The van der Waals surface area contributed by atoms with Crippen LogP contribution in [0, 0.1) is 11.8 Å². The van der Waals surface area contributed by atoms with Gasteiger partial charge in [-0.15, -0.1) is 0 Å². The van der Waals surface area contributed by atoms with Gasteiger partial charge in [0.05, 0.1) is 13.0 Å². The monoisotopic (exact) mass is 233 g/mol. The summed E-state index contributed by atoms with van der Waals surface area (Å²) in [6.45, 7) is 8.16. The Kier molecular flexibility index (Phi) is 7.59. The van der Waals surface area contributed by atoms with Crippen molar-refractivity contribution in [1.82, 2.24) is 0 Å². The van der Waals surface area contributed by atoms with Crippen molar-refractivity contribution in [3.8, 4) is 0 Å². The van der Waals surface area contributed by atoms with E-state index in [1.54, 1.807) is 13.6 Å². The van der Waals surface area contributed by atoms with Crippen LogP contribution in [0.4, 0.5) is 0 Å². The highest BCUT2D eigenvalue weighted by atomic mass is 31.1. The van der Waals surface area contributed by atoms with E-state index in [2.05, 4.69) is 13.8 Å². The van der Waals surface area contributed by atoms with E-state index in [9.17, 15) is 9.36 Å². The maximum Gasteiger partial charge on any atom is 0.335 e. The Morgan fingerprint density at radius 2 is 2.00 bits per heavy atom. The van der Waals surface area contributed by atoms with Crippen molar-refractivity contribution in [3.63, 3.8) is 0 Å². The van der Waals surface area contributed by atoms with Crippen LogP contribution in [-0.2, 0) is 14.1 Å². The molecule has 0 aromatic heterocycles. The maximum absolute atomic E-state index is 11.3. The number of carbonyl (C=O) groups excluding carboxylic acids is 1. The second kappa shape index (κ2) is 7.81. The van der Waals surface area contributed by atoms with Crippen molar-refractivity contribution in [1.29, 1.82) is 0 Å². The molecule has 0 aliphatic carbocycles. The molecule has 2 atom stereocenters. The lowest BCUT2D eigenvalue weighted by molar-refractivity contribution is -0.144. The molecule has 4 heteroatoms. The summed E-state index contributed by atoms with van der Waals surface area (Å²) in [6, 6.07) is 0. The number of esters is 1. The molecular formula is C11H22O3P+. The molecule has 0 aliphatic rings. The molecule has 0 aromatic rings. The van der Waals surface area contributed by atoms with Crippen molar-refractivity contribution in [3.05, 3.63) is 0 Å². The van der Waals surface area contributed by atoms with Crippen LogP contribution in [0.1, 0.15) is 33.6 Å². The van der Waals surface area contributed by atoms with E-state index in [0.717, 1.165) is 6.42 Å². The van der Waals surface area contributed by atoms with Gasteiger partial charge in [-0.25, -0.2) is 0 Å². The Bertz CT molecular complexity index is 214. The fourth-order valence-corrected chi connectivity index (χ4v) is 2.71. The zero-order valence-electron chi connectivity index (χ0n) is 10.2. The SMILES string of the molecule is CCOC(=O)CC(CC(C)C)C[P+](C)=O. The van der Waals surface area contributed by atoms with Gasteiger partial charge in [0, 0.05) is 5.92 Å². The van der Waals surface area contributed by atoms with Crippen molar-refractivity contribution >= 4 is 13.8 Å². The van der Waals surface area contributed by atoms with Crippen LogP contribution in [0.3, 0.4) is 0 Å². The number of rotatable bonds is 7. The lowest BCUT2D eigenvalue weighted by Crippen LogP contribution is -2.15. The Labute approximate surface area is 93.4 Å². The Balaban J connectivity index is 4.11. The molecule has 15 heavy (non-hydrogen) atoms. The molecule has 3 nitrogen and oxygen atoms in total. The van der Waals surface area contributed by atoms with Gasteiger partial charge in [-0.05, 0) is 19.3 Å². The highest BCUT2D eigenvalue weighted by Gasteiger charge is 2.23. The average molecular weight is 233 g/mol. The van der Waals surface area contributed by atoms with E-state index in [1.807, 2.05) is 0 Å². The molecule has 0 radical (unpaired) electrons. The van der Waals surface area contributed by atoms with Gasteiger partial charge < -0.3 is 4.74 Å². The lowest BCUT2D eigenvalue weighted by atomic mass is 9.96. The topological polar surface area (TPSA) is 43.4 Å². The van der Waals surface area contributed by atoms with Crippen LogP contribution >= 0.6 is 7.80 Å². The first-order valence-corrected chi connectivity index (χ1v) is 7.38. The summed E-state index contributed by atoms with van der Waals surface area (Å²) in [5.41, 5.74) is 0. The first kappa shape index (κ1) is 14.6. The van der Waals surface area contributed by atoms with Gasteiger partial charge in [0.1, 0.15) is 12.8 Å². The number of carbonyl (C=O) groups is 1. The molecule has 0 aromatic carbocycles. The molecule has 0 rings (SSSR count). The smallest absolute Gasteiger partial charge is 0.335 e. The van der Waals surface area contributed by atoms with E-state index in [0.29, 0.717) is 25.1 Å². The average Bonchev–Trinajstić information content (AvgIpc) is 2.00. The number of ether oxygens (including phenoxy) is 1. The van der Waals surface area contributed by atoms with Crippen molar-refractivity contribution in [2.24, 2.45) is 11.8 Å². The molecular weight excluding hydrogens is 211 g/mol. The summed E-state index contributed by atoms with van der Waals surface area (Å²) in [7, 11) is -1.17. The predicted molar refractivity (Wildman–Crippen MR) is 62.6 cm³/mol. The highest BCUT2D eigenvalue weighted by molar-refractivity contribution is 7.43. The predicted octanol–water partition coefficient (Wildman–Crippen LogP) is 3.06. The van der Waals surface area contributed by atoms with Crippen molar-refractivity contribution < 1.29 is 14.1 Å². The fraction of sp³-hybridized carbons (Fsp3) is 0.909. The third-order valence-corrected chi connectivity index (χ3v) is 3.11. The fourth-order valence-electron chi connectivity index (χ4n) is 1.71. The first-order chi connectivity index (χ1) is 6.95. The van der Waals surface area contributed by atoms with E-state index < -0.39 is 7.80 Å². The summed E-state index contributed by atoms with van der Waals surface area (Å²) in [5, 5.41) is 0. The second-order valence-electron chi connectivity index (χ2n) is 4.32. The van der Waals surface area contributed by atoms with Gasteiger partial charge in [0.25, 0.3) is 0 Å². The molecule has 0 aliphatic heterocycles. The summed E-state index contributed by atoms with van der Waals surface area (Å²) < 4.78 is 16.1. The van der Waals surface area contributed by atoms with Crippen LogP contribution in [0.15, 0.2) is 0 Å². The van der Waals surface area contributed by atoms with E-state index in [-0.39, 0.29) is 11.9 Å². The zero-order valence-corrected chi connectivity index (χ0v) is 11.0. The standard InChI is InChI=1S/C11H22O3P/c1-5-14-11(12)7-10(6-9(2)3)8-15(4)13/h9-10H,5-8H2,1-4H3/q+1. The van der Waals surface area contributed by atoms with Gasteiger partial charge in [-0.1, -0.05) is 18.4 Å². The van der Waals surface area contributed by atoms with Gasteiger partial charge in [-0.2, -0.15) is 0 Å². The molecule has 2 unspecified atom stereocenters. The summed E-state index contributed by atoms with van der Waals surface area (Å²) in [5.74, 6) is 0.567. The minimum atomic E-state index is -1.17. The molecule has 0 heterocycles. The van der Waals surface area contributed by atoms with Crippen LogP contribution < -0.4 is 0 Å². The van der Waals surface area contributed by atoms with Gasteiger partial charge in [0.2, 0.25) is 0 Å². The number of hydrogen-bond acceptors (Lipinski definition) is 3.